The van der Waals surface area contributed by atoms with Gasteiger partial charge in [0.25, 0.3) is 0 Å². The smallest absolute Gasteiger partial charge is 2.00 e. The van der Waals surface area contributed by atoms with Crippen molar-refractivity contribution >= 4 is 0 Å². The number of rotatable bonds is 0. The van der Waals surface area contributed by atoms with E-state index >= 15 is 0 Å². The van der Waals surface area contributed by atoms with Crippen LogP contribution >= 0.6 is 0 Å². The third-order valence-corrected chi connectivity index (χ3v) is 0. The summed E-state index contributed by atoms with van der Waals surface area (Å²) in [6.07, 6.45) is 0. The maximum atomic E-state index is 0. The second-order valence-electron chi connectivity index (χ2n) is 0. The summed E-state index contributed by atoms with van der Waals surface area (Å²) in [5.74, 6) is 0. The molecule has 0 saturated carbocycles. The average molecular weight is 274 g/mol. The summed E-state index contributed by atoms with van der Waals surface area (Å²) >= 11 is 0. The minimum absolute atomic E-state index is 0. The van der Waals surface area contributed by atoms with Crippen molar-refractivity contribution in [1.29, 1.82) is 0 Å². The second kappa shape index (κ2) is 152. The summed E-state index contributed by atoms with van der Waals surface area (Å²) < 4.78 is 0. The fraction of sp³-hybridized carbons (Fsp3) is 0. The predicted molar refractivity (Wildman–Crippen MR) is 3.43 cm³/mol. The van der Waals surface area contributed by atoms with Gasteiger partial charge in [-0.2, -0.15) is 0 Å². The van der Waals surface area contributed by atoms with Gasteiger partial charge in [-0.25, -0.2) is 0 Å². The Morgan fingerprint density at radius 1 is 0.500 bits per heavy atom. The van der Waals surface area contributed by atoms with E-state index in [1.165, 1.54) is 0 Å². The zero-order chi connectivity index (χ0) is 0. The molecule has 0 fully saturated rings. The van der Waals surface area contributed by atoms with E-state index in [2.05, 4.69) is 0 Å². The van der Waals surface area contributed by atoms with Gasteiger partial charge in [-0.05, 0) is 0 Å². The molecule has 0 spiro atoms. The Balaban J connectivity index is 0. The fourth-order valence-corrected chi connectivity index (χ4v) is 0. The molecule has 5 nitrogen and oxygen atoms in total. The molecule has 0 aromatic heterocycles. The van der Waals surface area contributed by atoms with Gasteiger partial charge in [0, 0.05) is 0 Å². The van der Waals surface area contributed by atoms with E-state index in [-0.39, 0.29) is 92.4 Å². The van der Waals surface area contributed by atoms with E-state index in [0.29, 0.717) is 0 Å². The molecule has 0 heterocycles. The van der Waals surface area contributed by atoms with Gasteiger partial charge in [-0.15, -0.1) is 0 Å². The molecule has 0 atom stereocenters. The molecule has 0 N–H and O–H groups in total. The van der Waals surface area contributed by atoms with Gasteiger partial charge in [0.15, 0.2) is 0 Å². The van der Waals surface area contributed by atoms with Crippen LogP contribution in [0.15, 0.2) is 0 Å². The molecular formula is MnO5TiZr. The van der Waals surface area contributed by atoms with Crippen molar-refractivity contribution in [3.63, 3.8) is 0 Å². The van der Waals surface area contributed by atoms with Crippen molar-refractivity contribution in [1.82, 2.24) is 0 Å². The van der Waals surface area contributed by atoms with Crippen LogP contribution in [0.5, 0.6) is 0 Å². The van der Waals surface area contributed by atoms with Crippen molar-refractivity contribution in [3.05, 3.63) is 0 Å². The molecular weight excluding hydrogens is 274 g/mol. The summed E-state index contributed by atoms with van der Waals surface area (Å²) in [6.45, 7) is 0. The van der Waals surface area contributed by atoms with Crippen molar-refractivity contribution in [2.75, 3.05) is 0 Å². The van der Waals surface area contributed by atoms with Gasteiger partial charge in [-0.1, -0.05) is 0 Å². The molecule has 0 rings (SSSR count). The first-order valence-corrected chi connectivity index (χ1v) is 0. The minimum atomic E-state index is 0. The Kier molecular flexibility index (Phi) is 4080. The largest absolute Gasteiger partial charge is 4.00 e. The molecule has 8 heavy (non-hydrogen) atoms. The SMILES string of the molecule is [Mn+2].[O-2].[O-2].[O-2].[O-2].[O-2].[Ti+4].[Zr+4]. The molecule has 0 bridgehead atoms. The van der Waals surface area contributed by atoms with Crippen molar-refractivity contribution in [2.24, 2.45) is 0 Å². The summed E-state index contributed by atoms with van der Waals surface area (Å²) in [5, 5.41) is 0. The Bertz CT molecular complexity index is 12.4. The van der Waals surface area contributed by atoms with E-state index in [1.54, 1.807) is 0 Å². The molecule has 0 aromatic carbocycles. The van der Waals surface area contributed by atoms with Crippen molar-refractivity contribution in [3.8, 4) is 0 Å². The van der Waals surface area contributed by atoms with Gasteiger partial charge >= 0.3 is 65.0 Å². The normalized spacial score (nSPS) is 0. The molecule has 0 unspecified atom stereocenters. The first-order chi connectivity index (χ1) is 0. The first-order valence-electron chi connectivity index (χ1n) is 0. The predicted octanol–water partition coefficient (Wildman–Crippen LogP) is -0.601. The van der Waals surface area contributed by atoms with E-state index in [1.807, 2.05) is 0 Å². The Labute approximate surface area is 91.6 Å². The van der Waals surface area contributed by atoms with Gasteiger partial charge in [0.1, 0.15) is 0 Å². The molecule has 0 saturated heterocycles. The fourth-order valence-electron chi connectivity index (χ4n) is 0. The van der Waals surface area contributed by atoms with Crippen LogP contribution in [0.1, 0.15) is 0 Å². The van der Waals surface area contributed by atoms with Crippen LogP contribution in [-0.4, -0.2) is 0 Å². The molecule has 0 aliphatic rings. The van der Waals surface area contributed by atoms with E-state index in [4.69, 9.17) is 0 Å². The Morgan fingerprint density at radius 2 is 0.500 bits per heavy atom. The zero-order valence-corrected chi connectivity index (χ0v) is 8.62. The van der Waals surface area contributed by atoms with Crippen LogP contribution in [0.25, 0.3) is 0 Å². The molecule has 0 aliphatic heterocycles. The maximum Gasteiger partial charge on any atom is 4.00 e. The van der Waals surface area contributed by atoms with Crippen LogP contribution in [0, 0.1) is 0 Å². The third-order valence-electron chi connectivity index (χ3n) is 0. The standard InChI is InChI=1S/Mn.5O.Ti.Zr/q+2;5*-2;2*+4. The monoisotopic (exact) mass is 273 g/mol. The average Bonchev–Trinajstić information content (AvgIpc) is 0. The third kappa shape index (κ3) is 103. The summed E-state index contributed by atoms with van der Waals surface area (Å²) in [7, 11) is 0. The van der Waals surface area contributed by atoms with Crippen LogP contribution in [0.3, 0.4) is 0 Å². The number of hydrogen-bond donors (Lipinski definition) is 0. The molecule has 0 aromatic rings. The minimum Gasteiger partial charge on any atom is -2.00 e. The molecule has 8 heteroatoms. The molecule has 45 valence electrons. The summed E-state index contributed by atoms with van der Waals surface area (Å²) in [5.41, 5.74) is 0. The molecule has 0 aliphatic carbocycles. The topological polar surface area (TPSA) is 142 Å². The van der Waals surface area contributed by atoms with Crippen LogP contribution < -0.4 is 0 Å². The maximum absolute atomic E-state index is 0. The Morgan fingerprint density at radius 3 is 0.500 bits per heavy atom. The van der Waals surface area contributed by atoms with Gasteiger partial charge in [0.2, 0.25) is 0 Å². The van der Waals surface area contributed by atoms with E-state index in [9.17, 15) is 0 Å². The van der Waals surface area contributed by atoms with E-state index in [0.717, 1.165) is 0 Å². The second-order valence-corrected chi connectivity index (χ2v) is 0. The van der Waals surface area contributed by atoms with Crippen molar-refractivity contribution in [2.45, 2.75) is 0 Å². The zero-order valence-electron chi connectivity index (χ0n) is 3.42. The summed E-state index contributed by atoms with van der Waals surface area (Å²) in [6, 6.07) is 0. The van der Waals surface area contributed by atoms with Crippen LogP contribution in [0.2, 0.25) is 0 Å². The molecule has 1 radical (unpaired) electrons. The summed E-state index contributed by atoms with van der Waals surface area (Å²) in [4.78, 5) is 0. The Hall–Kier alpha value is 1.92. The van der Waals surface area contributed by atoms with Gasteiger partial charge in [-0.3, -0.25) is 0 Å². The van der Waals surface area contributed by atoms with Crippen LogP contribution in [-0.2, 0) is 92.4 Å². The number of hydrogen-bond acceptors (Lipinski definition) is 0. The quantitative estimate of drug-likeness (QED) is 0.520. The van der Waals surface area contributed by atoms with Crippen molar-refractivity contribution < 1.29 is 92.4 Å². The first kappa shape index (κ1) is 215. The molecule has 0 amide bonds. The van der Waals surface area contributed by atoms with Gasteiger partial charge in [0.05, 0.1) is 0 Å². The van der Waals surface area contributed by atoms with Gasteiger partial charge < -0.3 is 27.4 Å². The van der Waals surface area contributed by atoms with E-state index < -0.39 is 0 Å². The van der Waals surface area contributed by atoms with Crippen LogP contribution in [0.4, 0.5) is 0 Å².